The molecule has 0 aliphatic heterocycles. The zero-order valence-corrected chi connectivity index (χ0v) is 12.3. The summed E-state index contributed by atoms with van der Waals surface area (Å²) in [4.78, 5) is 1.95. The van der Waals surface area contributed by atoms with Gasteiger partial charge in [-0.25, -0.2) is 0 Å². The maximum atomic E-state index is 9.82. The number of nitrogens with zero attached hydrogens (tertiary/aromatic N) is 1. The average molecular weight is 302 g/mol. The van der Waals surface area contributed by atoms with Gasteiger partial charge in [-0.2, -0.15) is 0 Å². The first kappa shape index (κ1) is 14.5. The molecule has 1 aromatic rings. The van der Waals surface area contributed by atoms with Crippen molar-refractivity contribution in [1.29, 1.82) is 0 Å². The van der Waals surface area contributed by atoms with E-state index in [-0.39, 0.29) is 0 Å². The maximum Gasteiger partial charge on any atom is 0.0782 e. The van der Waals surface area contributed by atoms with Gasteiger partial charge in [-0.1, -0.05) is 15.9 Å². The van der Waals surface area contributed by atoms with Crippen LogP contribution in [0.5, 0.6) is 0 Å². The fourth-order valence-electron chi connectivity index (χ4n) is 1.87. The third-order valence-electron chi connectivity index (χ3n) is 2.48. The van der Waals surface area contributed by atoms with Crippen molar-refractivity contribution < 1.29 is 10.2 Å². The highest BCUT2D eigenvalue weighted by molar-refractivity contribution is 9.10. The minimum Gasteiger partial charge on any atom is -0.389 e. The molecular weight excluding hydrogens is 282 g/mol. The highest BCUT2D eigenvalue weighted by atomic mass is 79.9. The van der Waals surface area contributed by atoms with Gasteiger partial charge < -0.3 is 15.1 Å². The Morgan fingerprint density at radius 3 is 2.47 bits per heavy atom. The van der Waals surface area contributed by atoms with E-state index in [4.69, 9.17) is 0 Å². The second kappa shape index (κ2) is 5.38. The van der Waals surface area contributed by atoms with Crippen LogP contribution in [-0.2, 0) is 0 Å². The molecule has 0 aromatic heterocycles. The van der Waals surface area contributed by atoms with Gasteiger partial charge in [0.2, 0.25) is 0 Å². The summed E-state index contributed by atoms with van der Waals surface area (Å²) in [6.45, 7) is 5.78. The lowest BCUT2D eigenvalue weighted by Gasteiger charge is -2.29. The molecule has 1 unspecified atom stereocenters. The molecule has 3 nitrogen and oxygen atoms in total. The van der Waals surface area contributed by atoms with Gasteiger partial charge in [-0.3, -0.25) is 0 Å². The van der Waals surface area contributed by atoms with Crippen LogP contribution in [0.15, 0.2) is 22.7 Å². The minimum atomic E-state index is -0.766. The van der Waals surface area contributed by atoms with Gasteiger partial charge in [0.05, 0.1) is 11.7 Å². The Labute approximate surface area is 111 Å². The molecule has 0 saturated heterocycles. The van der Waals surface area contributed by atoms with Crippen molar-refractivity contribution in [2.45, 2.75) is 32.5 Å². The van der Waals surface area contributed by atoms with Crippen LogP contribution in [-0.4, -0.2) is 29.4 Å². The molecule has 0 amide bonds. The van der Waals surface area contributed by atoms with Crippen molar-refractivity contribution in [2.75, 3.05) is 18.5 Å². The van der Waals surface area contributed by atoms with Crippen molar-refractivity contribution in [2.24, 2.45) is 0 Å². The lowest BCUT2D eigenvalue weighted by molar-refractivity contribution is 0.0884. The van der Waals surface area contributed by atoms with Crippen LogP contribution in [0.3, 0.4) is 0 Å². The van der Waals surface area contributed by atoms with E-state index in [0.29, 0.717) is 6.54 Å². The molecule has 1 atom stereocenters. The van der Waals surface area contributed by atoms with E-state index in [2.05, 4.69) is 15.9 Å². The predicted molar refractivity (Wildman–Crippen MR) is 74.3 cm³/mol. The van der Waals surface area contributed by atoms with Crippen LogP contribution in [0.25, 0.3) is 0 Å². The molecule has 0 aliphatic carbocycles. The third-order valence-corrected chi connectivity index (χ3v) is 2.97. The van der Waals surface area contributed by atoms with Crippen molar-refractivity contribution in [3.8, 4) is 0 Å². The fourth-order valence-corrected chi connectivity index (χ4v) is 2.25. The Kier molecular flexibility index (Phi) is 4.58. The zero-order valence-electron chi connectivity index (χ0n) is 10.7. The summed E-state index contributed by atoms with van der Waals surface area (Å²) in [7, 11) is 1.91. The quantitative estimate of drug-likeness (QED) is 0.899. The van der Waals surface area contributed by atoms with Crippen LogP contribution in [0, 0.1) is 0 Å². The summed E-state index contributed by atoms with van der Waals surface area (Å²) in [5.41, 5.74) is 1.02. The SMILES string of the molecule is CC(O)c1cc(Br)ccc1N(C)CC(C)(C)O. The second-order valence-electron chi connectivity index (χ2n) is 5.05. The van der Waals surface area contributed by atoms with Gasteiger partial charge in [-0.05, 0) is 39.0 Å². The van der Waals surface area contributed by atoms with Gasteiger partial charge in [-0.15, -0.1) is 0 Å². The Hall–Kier alpha value is -0.580. The monoisotopic (exact) mass is 301 g/mol. The van der Waals surface area contributed by atoms with Crippen LogP contribution in [0.2, 0.25) is 0 Å². The number of aliphatic hydroxyl groups is 2. The Bertz CT molecular complexity index is 385. The summed E-state index contributed by atoms with van der Waals surface area (Å²) in [5.74, 6) is 0. The van der Waals surface area contributed by atoms with E-state index in [1.807, 2.05) is 30.1 Å². The normalized spacial score (nSPS) is 13.6. The Morgan fingerprint density at radius 2 is 2.00 bits per heavy atom. The molecule has 17 heavy (non-hydrogen) atoms. The maximum absolute atomic E-state index is 9.82. The second-order valence-corrected chi connectivity index (χ2v) is 5.96. The van der Waals surface area contributed by atoms with Crippen LogP contribution in [0.4, 0.5) is 5.69 Å². The van der Waals surface area contributed by atoms with E-state index in [1.165, 1.54) is 0 Å². The van der Waals surface area contributed by atoms with Gasteiger partial charge in [0.15, 0.2) is 0 Å². The molecule has 4 heteroatoms. The van der Waals surface area contributed by atoms with E-state index in [0.717, 1.165) is 15.7 Å². The van der Waals surface area contributed by atoms with Crippen molar-refractivity contribution in [1.82, 2.24) is 0 Å². The molecule has 0 saturated carbocycles. The van der Waals surface area contributed by atoms with Crippen molar-refractivity contribution >= 4 is 21.6 Å². The van der Waals surface area contributed by atoms with Gasteiger partial charge in [0.1, 0.15) is 0 Å². The standard InChI is InChI=1S/C13H20BrNO2/c1-9(16)11-7-10(14)5-6-12(11)15(4)8-13(2,3)17/h5-7,9,16-17H,8H2,1-4H3. The molecule has 96 valence electrons. The van der Waals surface area contributed by atoms with Gasteiger partial charge >= 0.3 is 0 Å². The van der Waals surface area contributed by atoms with Crippen LogP contribution in [0.1, 0.15) is 32.4 Å². The van der Waals surface area contributed by atoms with E-state index in [1.54, 1.807) is 20.8 Å². The predicted octanol–water partition coefficient (Wildman–Crippen LogP) is 2.71. The Morgan fingerprint density at radius 1 is 1.41 bits per heavy atom. The van der Waals surface area contributed by atoms with Crippen molar-refractivity contribution in [3.63, 3.8) is 0 Å². The van der Waals surface area contributed by atoms with Crippen LogP contribution >= 0.6 is 15.9 Å². The molecule has 2 N–H and O–H groups in total. The largest absolute Gasteiger partial charge is 0.389 e. The first-order chi connectivity index (χ1) is 7.70. The Balaban J connectivity index is 3.04. The lowest BCUT2D eigenvalue weighted by Crippen LogP contribution is -2.36. The topological polar surface area (TPSA) is 43.7 Å². The fraction of sp³-hybridized carbons (Fsp3) is 0.538. The van der Waals surface area contributed by atoms with Crippen molar-refractivity contribution in [3.05, 3.63) is 28.2 Å². The summed E-state index contributed by atoms with van der Waals surface area (Å²) in [6.07, 6.45) is -0.535. The first-order valence-corrected chi connectivity index (χ1v) is 6.41. The molecular formula is C13H20BrNO2. The summed E-state index contributed by atoms with van der Waals surface area (Å²) < 4.78 is 0.939. The number of rotatable bonds is 4. The molecule has 1 aromatic carbocycles. The molecule has 0 heterocycles. The highest BCUT2D eigenvalue weighted by Crippen LogP contribution is 2.29. The lowest BCUT2D eigenvalue weighted by atomic mass is 10.1. The molecule has 1 rings (SSSR count). The molecule has 0 spiro atoms. The number of aliphatic hydroxyl groups excluding tert-OH is 1. The molecule has 0 fully saturated rings. The summed E-state index contributed by atoms with van der Waals surface area (Å²) >= 11 is 3.40. The van der Waals surface area contributed by atoms with E-state index in [9.17, 15) is 10.2 Å². The number of benzene rings is 1. The van der Waals surface area contributed by atoms with Crippen LogP contribution < -0.4 is 4.90 Å². The highest BCUT2D eigenvalue weighted by Gasteiger charge is 2.19. The van der Waals surface area contributed by atoms with Gasteiger partial charge in [0.25, 0.3) is 0 Å². The third kappa shape index (κ3) is 4.30. The number of likely N-dealkylation sites (N-methyl/N-ethyl adjacent to an activating group) is 1. The molecule has 0 bridgehead atoms. The molecule has 0 radical (unpaired) electrons. The first-order valence-electron chi connectivity index (χ1n) is 5.62. The number of anilines is 1. The minimum absolute atomic E-state index is 0.508. The average Bonchev–Trinajstić information content (AvgIpc) is 2.14. The summed E-state index contributed by atoms with van der Waals surface area (Å²) in [5, 5.41) is 19.6. The summed E-state index contributed by atoms with van der Waals surface area (Å²) in [6, 6.07) is 5.78. The number of halogens is 1. The number of hydrogen-bond acceptors (Lipinski definition) is 3. The number of hydrogen-bond donors (Lipinski definition) is 2. The molecule has 0 aliphatic rings. The van der Waals surface area contributed by atoms with E-state index >= 15 is 0 Å². The smallest absolute Gasteiger partial charge is 0.0782 e. The van der Waals surface area contributed by atoms with Gasteiger partial charge in [0, 0.05) is 29.3 Å². The zero-order chi connectivity index (χ0) is 13.2. The van der Waals surface area contributed by atoms with E-state index < -0.39 is 11.7 Å².